The van der Waals surface area contributed by atoms with E-state index < -0.39 is 29.9 Å². The number of ether oxygens (including phenoxy) is 2. The van der Waals surface area contributed by atoms with Gasteiger partial charge in [-0.2, -0.15) is 13.9 Å². The maximum Gasteiger partial charge on any atom is 0.359 e. The zero-order valence-corrected chi connectivity index (χ0v) is 21.9. The number of aromatic nitrogens is 2. The smallest absolute Gasteiger partial charge is 0.359 e. The summed E-state index contributed by atoms with van der Waals surface area (Å²) in [6.07, 6.45) is 10.5. The van der Waals surface area contributed by atoms with Crippen LogP contribution >= 0.6 is 22.9 Å². The Morgan fingerprint density at radius 1 is 1.30 bits per heavy atom. The van der Waals surface area contributed by atoms with Gasteiger partial charge < -0.3 is 9.47 Å². The lowest BCUT2D eigenvalue weighted by atomic mass is 9.84. The quantitative estimate of drug-likeness (QED) is 0.399. The number of fused-ring (bicyclic) bond motifs is 2. The molecule has 0 atom stereocenters. The number of alkyl halides is 2. The second-order valence-electron chi connectivity index (χ2n) is 9.35. The second kappa shape index (κ2) is 10.4. The van der Waals surface area contributed by atoms with Crippen LogP contribution in [0, 0.1) is 0 Å². The SMILES string of the molecule is CCOC(=O)c1nn(C2=C(F)C=CC=CCC2)cc1CN1CCC2(CC1)OCC(F)(F)c1cc(Cl)sc12. The molecule has 0 bridgehead atoms. The minimum absolute atomic E-state index is 0.0357. The largest absolute Gasteiger partial charge is 0.461 e. The number of esters is 1. The fourth-order valence-electron chi connectivity index (χ4n) is 5.04. The maximum absolute atomic E-state index is 14.8. The summed E-state index contributed by atoms with van der Waals surface area (Å²) in [4.78, 5) is 15.3. The molecule has 37 heavy (non-hydrogen) atoms. The molecule has 0 radical (unpaired) electrons. The molecular formula is C26H27ClF3N3O3S. The zero-order chi connectivity index (χ0) is 26.2. The molecule has 1 spiro atoms. The Bertz CT molecular complexity index is 1280. The summed E-state index contributed by atoms with van der Waals surface area (Å²) in [6.45, 7) is 2.72. The van der Waals surface area contributed by atoms with E-state index in [-0.39, 0.29) is 17.9 Å². The van der Waals surface area contributed by atoms with E-state index in [9.17, 15) is 18.0 Å². The normalized spacial score (nSPS) is 21.1. The summed E-state index contributed by atoms with van der Waals surface area (Å²) < 4.78 is 56.5. The topological polar surface area (TPSA) is 56.6 Å². The van der Waals surface area contributed by atoms with E-state index in [4.69, 9.17) is 21.1 Å². The van der Waals surface area contributed by atoms with Crippen molar-refractivity contribution < 1.29 is 27.4 Å². The summed E-state index contributed by atoms with van der Waals surface area (Å²) in [6, 6.07) is 1.35. The number of halogens is 4. The Kier molecular flexibility index (Phi) is 7.37. The molecule has 0 unspecified atom stereocenters. The van der Waals surface area contributed by atoms with Gasteiger partial charge in [0.25, 0.3) is 5.92 Å². The van der Waals surface area contributed by atoms with Crippen LogP contribution in [0.3, 0.4) is 0 Å². The predicted octanol–water partition coefficient (Wildman–Crippen LogP) is 6.43. The first-order valence-corrected chi connectivity index (χ1v) is 13.4. The van der Waals surface area contributed by atoms with E-state index in [2.05, 4.69) is 10.00 Å². The number of piperidine rings is 1. The molecule has 4 heterocycles. The molecule has 0 amide bonds. The number of carbonyl (C=O) groups is 1. The summed E-state index contributed by atoms with van der Waals surface area (Å²) in [7, 11) is 0. The van der Waals surface area contributed by atoms with E-state index in [0.29, 0.717) is 65.8 Å². The average molecular weight is 554 g/mol. The first kappa shape index (κ1) is 26.2. The molecule has 2 aromatic rings. The van der Waals surface area contributed by atoms with Gasteiger partial charge in [-0.25, -0.2) is 13.9 Å². The van der Waals surface area contributed by atoms with Crippen LogP contribution in [0.4, 0.5) is 13.2 Å². The van der Waals surface area contributed by atoms with Gasteiger partial charge in [0.1, 0.15) is 18.0 Å². The third-order valence-electron chi connectivity index (χ3n) is 6.95. The molecule has 1 fully saturated rings. The third kappa shape index (κ3) is 5.16. The van der Waals surface area contributed by atoms with Crippen molar-refractivity contribution in [3.05, 3.63) is 68.4 Å². The Labute approximate surface area is 222 Å². The molecule has 2 aromatic heterocycles. The standard InChI is InChI=1S/C26H27ClF3N3O3S/c1-2-35-24(34)22-17(15-33(31-22)20-8-6-4-3-5-7-19(20)28)14-32-11-9-25(10-12-32)23-18(13-21(27)37-23)26(29,30)16-36-25/h3-5,7,13,15H,2,6,8-12,14,16H2,1H3. The van der Waals surface area contributed by atoms with Crippen molar-refractivity contribution in [3.8, 4) is 0 Å². The highest BCUT2D eigenvalue weighted by Crippen LogP contribution is 2.52. The number of rotatable bonds is 5. The Morgan fingerprint density at radius 3 is 2.84 bits per heavy atom. The molecule has 2 aliphatic heterocycles. The van der Waals surface area contributed by atoms with Crippen molar-refractivity contribution >= 4 is 34.6 Å². The number of allylic oxidation sites excluding steroid dienone is 6. The van der Waals surface area contributed by atoms with Crippen LogP contribution in [0.2, 0.25) is 4.34 Å². The number of hydrogen-bond donors (Lipinski definition) is 0. The fourth-order valence-corrected chi connectivity index (χ4v) is 6.52. The monoisotopic (exact) mass is 553 g/mol. The highest BCUT2D eigenvalue weighted by atomic mass is 35.5. The third-order valence-corrected chi connectivity index (χ3v) is 8.40. The van der Waals surface area contributed by atoms with Gasteiger partial charge >= 0.3 is 5.97 Å². The Balaban J connectivity index is 1.37. The molecule has 0 N–H and O–H groups in total. The van der Waals surface area contributed by atoms with Crippen LogP contribution in [-0.4, -0.2) is 47.0 Å². The fraction of sp³-hybridized carbons (Fsp3) is 0.462. The van der Waals surface area contributed by atoms with Crippen molar-refractivity contribution in [2.45, 2.75) is 50.7 Å². The number of likely N-dealkylation sites (tertiary alicyclic amines) is 1. The zero-order valence-electron chi connectivity index (χ0n) is 20.3. The van der Waals surface area contributed by atoms with Gasteiger partial charge in [0.05, 0.1) is 16.6 Å². The lowest BCUT2D eigenvalue weighted by Gasteiger charge is -2.45. The van der Waals surface area contributed by atoms with Crippen LogP contribution in [0.25, 0.3) is 5.70 Å². The highest BCUT2D eigenvalue weighted by molar-refractivity contribution is 7.16. The van der Waals surface area contributed by atoms with Gasteiger partial charge in [0.2, 0.25) is 0 Å². The number of thiophene rings is 1. The lowest BCUT2D eigenvalue weighted by Crippen LogP contribution is -2.48. The van der Waals surface area contributed by atoms with Crippen LogP contribution < -0.4 is 0 Å². The molecule has 6 nitrogen and oxygen atoms in total. The molecule has 198 valence electrons. The van der Waals surface area contributed by atoms with Gasteiger partial charge in [-0.3, -0.25) is 4.90 Å². The first-order chi connectivity index (χ1) is 17.7. The van der Waals surface area contributed by atoms with Gasteiger partial charge in [-0.05, 0) is 44.7 Å². The molecule has 0 aromatic carbocycles. The summed E-state index contributed by atoms with van der Waals surface area (Å²) >= 11 is 7.27. The van der Waals surface area contributed by atoms with Crippen LogP contribution in [0.15, 0.2) is 42.4 Å². The average Bonchev–Trinajstić information content (AvgIpc) is 3.46. The van der Waals surface area contributed by atoms with Crippen LogP contribution in [0.5, 0.6) is 0 Å². The molecule has 1 aliphatic carbocycles. The lowest BCUT2D eigenvalue weighted by molar-refractivity contribution is -0.182. The van der Waals surface area contributed by atoms with E-state index in [0.717, 1.165) is 11.3 Å². The summed E-state index contributed by atoms with van der Waals surface area (Å²) in [5.74, 6) is -4.04. The van der Waals surface area contributed by atoms with Gasteiger partial charge in [0, 0.05) is 41.8 Å². The molecule has 11 heteroatoms. The molecular weight excluding hydrogens is 527 g/mol. The van der Waals surface area contributed by atoms with Crippen molar-refractivity contribution in [1.29, 1.82) is 0 Å². The molecule has 1 saturated heterocycles. The van der Waals surface area contributed by atoms with E-state index in [1.165, 1.54) is 16.8 Å². The van der Waals surface area contributed by atoms with Crippen molar-refractivity contribution in [2.75, 3.05) is 26.3 Å². The Morgan fingerprint density at radius 2 is 2.08 bits per heavy atom. The maximum atomic E-state index is 14.8. The minimum Gasteiger partial charge on any atom is -0.461 e. The highest BCUT2D eigenvalue weighted by Gasteiger charge is 2.51. The van der Waals surface area contributed by atoms with E-state index in [1.54, 1.807) is 25.3 Å². The summed E-state index contributed by atoms with van der Waals surface area (Å²) in [5, 5.41) is 4.41. The number of carbonyl (C=O) groups excluding carboxylic acids is 1. The van der Waals surface area contributed by atoms with Crippen molar-refractivity contribution in [1.82, 2.24) is 14.7 Å². The van der Waals surface area contributed by atoms with Crippen molar-refractivity contribution in [2.24, 2.45) is 0 Å². The first-order valence-electron chi connectivity index (χ1n) is 12.2. The summed E-state index contributed by atoms with van der Waals surface area (Å²) in [5.41, 5.74) is 0.295. The van der Waals surface area contributed by atoms with Gasteiger partial charge in [-0.15, -0.1) is 11.3 Å². The molecule has 5 rings (SSSR count). The van der Waals surface area contributed by atoms with E-state index >= 15 is 0 Å². The Hall–Kier alpha value is -2.40. The minimum atomic E-state index is -3.06. The molecule has 0 saturated carbocycles. The number of nitrogens with zero attached hydrogens (tertiary/aromatic N) is 3. The number of hydrogen-bond acceptors (Lipinski definition) is 6. The van der Waals surface area contributed by atoms with Crippen LogP contribution in [-0.2, 0) is 27.5 Å². The van der Waals surface area contributed by atoms with Gasteiger partial charge in [-0.1, -0.05) is 29.8 Å². The van der Waals surface area contributed by atoms with E-state index in [1.807, 2.05) is 6.08 Å². The van der Waals surface area contributed by atoms with Crippen molar-refractivity contribution in [3.63, 3.8) is 0 Å². The second-order valence-corrected chi connectivity index (χ2v) is 11.0. The van der Waals surface area contributed by atoms with Crippen LogP contribution in [0.1, 0.15) is 59.1 Å². The predicted molar refractivity (Wildman–Crippen MR) is 135 cm³/mol. The van der Waals surface area contributed by atoms with Gasteiger partial charge in [0.15, 0.2) is 5.69 Å². The molecule has 3 aliphatic rings.